The number of ether oxygens (including phenoxy) is 1. The smallest absolute Gasteiger partial charge is 0.269 e. The Labute approximate surface area is 157 Å². The molecule has 1 saturated heterocycles. The third-order valence-corrected chi connectivity index (χ3v) is 4.46. The van der Waals surface area contributed by atoms with E-state index in [9.17, 15) is 14.9 Å². The highest BCUT2D eigenvalue weighted by Crippen LogP contribution is 2.19. The summed E-state index contributed by atoms with van der Waals surface area (Å²) in [5, 5.41) is 10.7. The van der Waals surface area contributed by atoms with Gasteiger partial charge in [0, 0.05) is 49.8 Å². The molecule has 1 aromatic heterocycles. The van der Waals surface area contributed by atoms with Crippen LogP contribution in [0.3, 0.4) is 0 Å². The minimum Gasteiger partial charge on any atom is -0.489 e. The first-order valence-electron chi connectivity index (χ1n) is 8.82. The van der Waals surface area contributed by atoms with Gasteiger partial charge in [-0.3, -0.25) is 19.9 Å². The molecule has 1 aliphatic rings. The summed E-state index contributed by atoms with van der Waals surface area (Å²) in [7, 11) is 0. The molecule has 1 aromatic carbocycles. The number of hydrogen-bond acceptors (Lipinski definition) is 5. The lowest BCUT2D eigenvalue weighted by molar-refractivity contribution is -0.384. The standard InChI is InChI=1S/C20H21N3O4/c1-15-2-8-19(14-21-15)27-18-10-12-22(13-11-18)20(24)9-5-16-3-6-17(7-4-16)23(25)26/h2-9,14,18H,10-13H2,1H3/b9-5+. The number of nitro benzene ring substituents is 1. The number of aryl methyl sites for hydroxylation is 1. The summed E-state index contributed by atoms with van der Waals surface area (Å²) in [4.78, 5) is 28.5. The number of carbonyl (C=O) groups excluding carboxylic acids is 1. The van der Waals surface area contributed by atoms with E-state index in [0.717, 1.165) is 29.8 Å². The Balaban J connectivity index is 1.49. The third-order valence-electron chi connectivity index (χ3n) is 4.46. The van der Waals surface area contributed by atoms with Crippen LogP contribution in [0.1, 0.15) is 24.1 Å². The number of amides is 1. The first-order chi connectivity index (χ1) is 13.0. The average molecular weight is 367 g/mol. The third kappa shape index (κ3) is 5.13. The fraction of sp³-hybridized carbons (Fsp3) is 0.300. The molecule has 0 bridgehead atoms. The van der Waals surface area contributed by atoms with Crippen LogP contribution in [0.2, 0.25) is 0 Å². The fourth-order valence-corrected chi connectivity index (χ4v) is 2.89. The zero-order valence-electron chi connectivity index (χ0n) is 15.1. The molecule has 27 heavy (non-hydrogen) atoms. The number of nitrogens with zero attached hydrogens (tertiary/aromatic N) is 3. The second kappa shape index (κ2) is 8.44. The first kappa shape index (κ1) is 18.6. The minimum absolute atomic E-state index is 0.0318. The highest BCUT2D eigenvalue weighted by molar-refractivity contribution is 5.91. The van der Waals surface area contributed by atoms with E-state index in [2.05, 4.69) is 4.98 Å². The second-order valence-electron chi connectivity index (χ2n) is 6.46. The normalized spacial score (nSPS) is 15.1. The zero-order chi connectivity index (χ0) is 19.2. The topological polar surface area (TPSA) is 85.6 Å². The van der Waals surface area contributed by atoms with Gasteiger partial charge in [-0.05, 0) is 42.8 Å². The van der Waals surface area contributed by atoms with E-state index in [0.29, 0.717) is 13.1 Å². The lowest BCUT2D eigenvalue weighted by Gasteiger charge is -2.31. The molecule has 0 spiro atoms. The van der Waals surface area contributed by atoms with Crippen molar-refractivity contribution in [3.05, 3.63) is 70.0 Å². The number of carbonyl (C=O) groups is 1. The van der Waals surface area contributed by atoms with Crippen LogP contribution in [-0.2, 0) is 4.79 Å². The molecule has 2 heterocycles. The van der Waals surface area contributed by atoms with Crippen molar-refractivity contribution >= 4 is 17.7 Å². The zero-order valence-corrected chi connectivity index (χ0v) is 15.1. The van der Waals surface area contributed by atoms with Gasteiger partial charge in [0.05, 0.1) is 11.1 Å². The molecule has 3 rings (SSSR count). The van der Waals surface area contributed by atoms with E-state index < -0.39 is 4.92 Å². The number of nitro groups is 1. The van der Waals surface area contributed by atoms with Crippen molar-refractivity contribution in [2.24, 2.45) is 0 Å². The molecular formula is C20H21N3O4. The van der Waals surface area contributed by atoms with Crippen LogP contribution in [0.5, 0.6) is 5.75 Å². The van der Waals surface area contributed by atoms with Crippen LogP contribution < -0.4 is 4.74 Å². The van der Waals surface area contributed by atoms with Crippen molar-refractivity contribution in [3.8, 4) is 5.75 Å². The molecule has 0 atom stereocenters. The lowest BCUT2D eigenvalue weighted by atomic mass is 10.1. The van der Waals surface area contributed by atoms with E-state index in [1.54, 1.807) is 29.3 Å². The van der Waals surface area contributed by atoms with Gasteiger partial charge in [-0.25, -0.2) is 0 Å². The molecule has 140 valence electrons. The number of rotatable bonds is 5. The molecule has 7 heteroatoms. The van der Waals surface area contributed by atoms with Crippen molar-refractivity contribution < 1.29 is 14.5 Å². The molecule has 0 N–H and O–H groups in total. The Morgan fingerprint density at radius 3 is 2.52 bits per heavy atom. The van der Waals surface area contributed by atoms with Gasteiger partial charge in [-0.1, -0.05) is 0 Å². The predicted octanol–water partition coefficient (Wildman–Crippen LogP) is 3.38. The summed E-state index contributed by atoms with van der Waals surface area (Å²) in [6.07, 6.45) is 6.52. The monoisotopic (exact) mass is 367 g/mol. The lowest BCUT2D eigenvalue weighted by Crippen LogP contribution is -2.41. The molecule has 0 radical (unpaired) electrons. The van der Waals surface area contributed by atoms with Crippen LogP contribution in [0.4, 0.5) is 5.69 Å². The van der Waals surface area contributed by atoms with E-state index >= 15 is 0 Å². The van der Waals surface area contributed by atoms with Gasteiger partial charge in [0.2, 0.25) is 5.91 Å². The van der Waals surface area contributed by atoms with Crippen LogP contribution in [0.15, 0.2) is 48.7 Å². The molecule has 7 nitrogen and oxygen atoms in total. The van der Waals surface area contributed by atoms with E-state index in [-0.39, 0.29) is 17.7 Å². The van der Waals surface area contributed by atoms with Gasteiger partial charge in [0.1, 0.15) is 11.9 Å². The molecule has 1 amide bonds. The summed E-state index contributed by atoms with van der Waals surface area (Å²) >= 11 is 0. The van der Waals surface area contributed by atoms with Crippen molar-refractivity contribution in [2.75, 3.05) is 13.1 Å². The fourth-order valence-electron chi connectivity index (χ4n) is 2.89. The Hall–Kier alpha value is -3.22. The van der Waals surface area contributed by atoms with Gasteiger partial charge in [-0.2, -0.15) is 0 Å². The van der Waals surface area contributed by atoms with Crippen molar-refractivity contribution in [2.45, 2.75) is 25.9 Å². The summed E-state index contributed by atoms with van der Waals surface area (Å²) in [6, 6.07) is 9.92. The van der Waals surface area contributed by atoms with Gasteiger partial charge >= 0.3 is 0 Å². The van der Waals surface area contributed by atoms with Crippen molar-refractivity contribution in [1.82, 2.24) is 9.88 Å². The molecule has 1 fully saturated rings. The van der Waals surface area contributed by atoms with Crippen LogP contribution in [0.25, 0.3) is 6.08 Å². The molecular weight excluding hydrogens is 346 g/mol. The van der Waals surface area contributed by atoms with Crippen LogP contribution in [0, 0.1) is 17.0 Å². The summed E-state index contributed by atoms with van der Waals surface area (Å²) < 4.78 is 5.92. The number of likely N-dealkylation sites (tertiary alicyclic amines) is 1. The average Bonchev–Trinajstić information content (AvgIpc) is 2.69. The Morgan fingerprint density at radius 2 is 1.93 bits per heavy atom. The molecule has 0 unspecified atom stereocenters. The first-order valence-corrected chi connectivity index (χ1v) is 8.82. The van der Waals surface area contributed by atoms with Gasteiger partial charge in [0.15, 0.2) is 0 Å². The van der Waals surface area contributed by atoms with E-state index in [1.165, 1.54) is 18.2 Å². The number of piperidine rings is 1. The maximum atomic E-state index is 12.3. The molecule has 2 aromatic rings. The summed E-state index contributed by atoms with van der Waals surface area (Å²) in [5.74, 6) is 0.687. The maximum Gasteiger partial charge on any atom is 0.269 e. The summed E-state index contributed by atoms with van der Waals surface area (Å²) in [6.45, 7) is 3.19. The number of non-ortho nitro benzene ring substituents is 1. The predicted molar refractivity (Wildman–Crippen MR) is 101 cm³/mol. The van der Waals surface area contributed by atoms with E-state index in [1.807, 2.05) is 19.1 Å². The van der Waals surface area contributed by atoms with Crippen molar-refractivity contribution in [1.29, 1.82) is 0 Å². The number of benzene rings is 1. The highest BCUT2D eigenvalue weighted by atomic mass is 16.6. The quantitative estimate of drug-likeness (QED) is 0.459. The highest BCUT2D eigenvalue weighted by Gasteiger charge is 2.22. The van der Waals surface area contributed by atoms with Gasteiger partial charge in [-0.15, -0.1) is 0 Å². The minimum atomic E-state index is -0.447. The van der Waals surface area contributed by atoms with Gasteiger partial charge < -0.3 is 9.64 Å². The number of pyridine rings is 1. The molecule has 0 saturated carbocycles. The maximum absolute atomic E-state index is 12.3. The second-order valence-corrected chi connectivity index (χ2v) is 6.46. The molecule has 0 aliphatic carbocycles. The Morgan fingerprint density at radius 1 is 1.22 bits per heavy atom. The summed E-state index contributed by atoms with van der Waals surface area (Å²) in [5.41, 5.74) is 1.73. The Kier molecular flexibility index (Phi) is 5.80. The molecule has 1 aliphatic heterocycles. The van der Waals surface area contributed by atoms with Crippen LogP contribution in [-0.4, -0.2) is 39.9 Å². The van der Waals surface area contributed by atoms with Crippen molar-refractivity contribution in [3.63, 3.8) is 0 Å². The Bertz CT molecular complexity index is 823. The number of aromatic nitrogens is 1. The van der Waals surface area contributed by atoms with Crippen LogP contribution >= 0.6 is 0 Å². The van der Waals surface area contributed by atoms with Gasteiger partial charge in [0.25, 0.3) is 5.69 Å². The van der Waals surface area contributed by atoms with E-state index in [4.69, 9.17) is 4.74 Å². The number of hydrogen-bond donors (Lipinski definition) is 0. The SMILES string of the molecule is Cc1ccc(OC2CCN(C(=O)/C=C/c3ccc([N+](=O)[O-])cc3)CC2)cn1. The largest absolute Gasteiger partial charge is 0.489 e.